The summed E-state index contributed by atoms with van der Waals surface area (Å²) in [5.41, 5.74) is 4.44. The largest absolute Gasteiger partial charge is 0.481 e. The molecule has 0 aliphatic carbocycles. The average molecular weight is 249 g/mol. The van der Waals surface area contributed by atoms with Crippen molar-refractivity contribution in [3.05, 3.63) is 34.4 Å². The number of carbonyl (C=O) groups is 2. The molecule has 0 spiro atoms. The van der Waals surface area contributed by atoms with Gasteiger partial charge in [0, 0.05) is 6.54 Å². The fraction of sp³-hybridized carbons (Fsp3) is 0.429. The number of benzene rings is 1. The van der Waals surface area contributed by atoms with Crippen molar-refractivity contribution in [3.63, 3.8) is 0 Å². The van der Waals surface area contributed by atoms with E-state index in [2.05, 4.69) is 17.4 Å². The van der Waals surface area contributed by atoms with Gasteiger partial charge in [-0.3, -0.25) is 9.59 Å². The molecule has 0 aliphatic heterocycles. The summed E-state index contributed by atoms with van der Waals surface area (Å²) >= 11 is 0. The summed E-state index contributed by atoms with van der Waals surface area (Å²) in [6.07, 6.45) is 0. The SMILES string of the molecule is Cc1cc(C)c(CNC(=O)C(C)C(=O)O)c(C)c1. The van der Waals surface area contributed by atoms with E-state index in [0.29, 0.717) is 6.54 Å². The van der Waals surface area contributed by atoms with Crippen LogP contribution in [0.3, 0.4) is 0 Å². The normalized spacial score (nSPS) is 12.0. The van der Waals surface area contributed by atoms with E-state index in [-0.39, 0.29) is 0 Å². The van der Waals surface area contributed by atoms with Crippen LogP contribution in [0.15, 0.2) is 12.1 Å². The van der Waals surface area contributed by atoms with E-state index in [1.807, 2.05) is 20.8 Å². The molecule has 1 aromatic carbocycles. The Hall–Kier alpha value is -1.84. The van der Waals surface area contributed by atoms with Crippen molar-refractivity contribution >= 4 is 11.9 Å². The van der Waals surface area contributed by atoms with E-state index in [1.54, 1.807) is 0 Å². The Morgan fingerprint density at radius 2 is 1.72 bits per heavy atom. The Balaban J connectivity index is 2.76. The molecule has 1 amide bonds. The molecule has 1 atom stereocenters. The van der Waals surface area contributed by atoms with Gasteiger partial charge in [-0.05, 0) is 44.4 Å². The minimum absolute atomic E-state index is 0.369. The molecule has 98 valence electrons. The number of rotatable bonds is 4. The van der Waals surface area contributed by atoms with Crippen molar-refractivity contribution in [2.75, 3.05) is 0 Å². The van der Waals surface area contributed by atoms with E-state index in [1.165, 1.54) is 12.5 Å². The Labute approximate surface area is 107 Å². The standard InChI is InChI=1S/C14H19NO3/c1-8-5-9(2)12(10(3)6-8)7-15-13(16)11(4)14(17)18/h5-6,11H,7H2,1-4H3,(H,15,16)(H,17,18). The quantitative estimate of drug-likeness (QED) is 0.801. The summed E-state index contributed by atoms with van der Waals surface area (Å²) < 4.78 is 0. The molecule has 0 saturated carbocycles. The molecule has 0 radical (unpaired) electrons. The fourth-order valence-electron chi connectivity index (χ4n) is 1.93. The second-order valence-electron chi connectivity index (χ2n) is 4.66. The third kappa shape index (κ3) is 3.32. The van der Waals surface area contributed by atoms with Gasteiger partial charge in [0.25, 0.3) is 0 Å². The van der Waals surface area contributed by atoms with Crippen LogP contribution in [0.5, 0.6) is 0 Å². The van der Waals surface area contributed by atoms with Crippen LogP contribution in [0.4, 0.5) is 0 Å². The van der Waals surface area contributed by atoms with Gasteiger partial charge < -0.3 is 10.4 Å². The molecular weight excluding hydrogens is 230 g/mol. The molecule has 0 heterocycles. The zero-order valence-corrected chi connectivity index (χ0v) is 11.2. The molecule has 1 rings (SSSR count). The molecule has 2 N–H and O–H groups in total. The molecular formula is C14H19NO3. The van der Waals surface area contributed by atoms with Gasteiger partial charge in [-0.1, -0.05) is 17.7 Å². The second kappa shape index (κ2) is 5.67. The highest BCUT2D eigenvalue weighted by atomic mass is 16.4. The first-order valence-electron chi connectivity index (χ1n) is 5.90. The number of hydrogen-bond acceptors (Lipinski definition) is 2. The van der Waals surface area contributed by atoms with E-state index >= 15 is 0 Å². The van der Waals surface area contributed by atoms with Crippen LogP contribution in [-0.4, -0.2) is 17.0 Å². The van der Waals surface area contributed by atoms with Crippen molar-refractivity contribution < 1.29 is 14.7 Å². The topological polar surface area (TPSA) is 66.4 Å². The molecule has 0 bridgehead atoms. The van der Waals surface area contributed by atoms with E-state index < -0.39 is 17.8 Å². The first-order valence-corrected chi connectivity index (χ1v) is 5.90. The van der Waals surface area contributed by atoms with Crippen molar-refractivity contribution in [3.8, 4) is 0 Å². The monoisotopic (exact) mass is 249 g/mol. The van der Waals surface area contributed by atoms with Crippen LogP contribution in [0.2, 0.25) is 0 Å². The maximum absolute atomic E-state index is 11.6. The highest BCUT2D eigenvalue weighted by Crippen LogP contribution is 2.16. The molecule has 0 aromatic heterocycles. The molecule has 18 heavy (non-hydrogen) atoms. The smallest absolute Gasteiger partial charge is 0.315 e. The lowest BCUT2D eigenvalue weighted by Gasteiger charge is -2.13. The zero-order valence-electron chi connectivity index (χ0n) is 11.2. The van der Waals surface area contributed by atoms with Gasteiger partial charge >= 0.3 is 5.97 Å². The van der Waals surface area contributed by atoms with Crippen LogP contribution in [0, 0.1) is 26.7 Å². The molecule has 1 aromatic rings. The van der Waals surface area contributed by atoms with Crippen molar-refractivity contribution in [2.24, 2.45) is 5.92 Å². The molecule has 4 heteroatoms. The third-order valence-electron chi connectivity index (χ3n) is 3.04. The Morgan fingerprint density at radius 3 is 2.17 bits per heavy atom. The number of aliphatic carboxylic acids is 1. The van der Waals surface area contributed by atoms with E-state index in [4.69, 9.17) is 5.11 Å². The Bertz CT molecular complexity index is 457. The van der Waals surface area contributed by atoms with E-state index in [0.717, 1.165) is 16.7 Å². The third-order valence-corrected chi connectivity index (χ3v) is 3.04. The summed E-state index contributed by atoms with van der Waals surface area (Å²) in [7, 11) is 0. The molecule has 1 unspecified atom stereocenters. The van der Waals surface area contributed by atoms with Crippen molar-refractivity contribution in [1.82, 2.24) is 5.32 Å². The maximum atomic E-state index is 11.6. The molecule has 0 aliphatic rings. The first kappa shape index (κ1) is 14.2. The Morgan fingerprint density at radius 1 is 1.22 bits per heavy atom. The number of nitrogens with one attached hydrogen (secondary N) is 1. The maximum Gasteiger partial charge on any atom is 0.315 e. The lowest BCUT2D eigenvalue weighted by molar-refractivity contribution is -0.146. The van der Waals surface area contributed by atoms with Crippen molar-refractivity contribution in [1.29, 1.82) is 0 Å². The summed E-state index contributed by atoms with van der Waals surface area (Å²) in [5, 5.41) is 11.4. The van der Waals surface area contributed by atoms with Crippen LogP contribution < -0.4 is 5.32 Å². The van der Waals surface area contributed by atoms with Gasteiger partial charge in [0.1, 0.15) is 5.92 Å². The summed E-state index contributed by atoms with van der Waals surface area (Å²) in [6.45, 7) is 7.75. The molecule has 0 fully saturated rings. The van der Waals surface area contributed by atoms with Gasteiger partial charge in [0.15, 0.2) is 0 Å². The highest BCUT2D eigenvalue weighted by Gasteiger charge is 2.20. The molecule has 4 nitrogen and oxygen atoms in total. The van der Waals surface area contributed by atoms with Crippen LogP contribution in [-0.2, 0) is 16.1 Å². The number of hydrogen-bond donors (Lipinski definition) is 2. The molecule has 0 saturated heterocycles. The summed E-state index contributed by atoms with van der Waals surface area (Å²) in [6, 6.07) is 4.10. The van der Waals surface area contributed by atoms with Crippen LogP contribution in [0.1, 0.15) is 29.2 Å². The summed E-state index contributed by atoms with van der Waals surface area (Å²) in [5.74, 6) is -2.58. The first-order chi connectivity index (χ1) is 8.32. The Kier molecular flexibility index (Phi) is 4.48. The lowest BCUT2D eigenvalue weighted by Crippen LogP contribution is -2.33. The fourth-order valence-corrected chi connectivity index (χ4v) is 1.93. The predicted molar refractivity (Wildman–Crippen MR) is 69.3 cm³/mol. The van der Waals surface area contributed by atoms with Crippen molar-refractivity contribution in [2.45, 2.75) is 34.2 Å². The van der Waals surface area contributed by atoms with E-state index in [9.17, 15) is 9.59 Å². The number of carboxylic acid groups (broad SMARTS) is 1. The summed E-state index contributed by atoms with van der Waals surface area (Å²) in [4.78, 5) is 22.2. The number of aryl methyl sites for hydroxylation is 3. The number of carboxylic acids is 1. The van der Waals surface area contributed by atoms with Gasteiger partial charge in [-0.25, -0.2) is 0 Å². The lowest BCUT2D eigenvalue weighted by atomic mass is 9.99. The average Bonchev–Trinajstić information content (AvgIpc) is 2.25. The van der Waals surface area contributed by atoms with Gasteiger partial charge in [-0.15, -0.1) is 0 Å². The zero-order chi connectivity index (χ0) is 13.9. The minimum atomic E-state index is -1.11. The second-order valence-corrected chi connectivity index (χ2v) is 4.66. The predicted octanol–water partition coefficient (Wildman–Crippen LogP) is 1.95. The van der Waals surface area contributed by atoms with Gasteiger partial charge in [-0.2, -0.15) is 0 Å². The highest BCUT2D eigenvalue weighted by molar-refractivity contribution is 5.96. The van der Waals surface area contributed by atoms with Crippen LogP contribution >= 0.6 is 0 Å². The van der Waals surface area contributed by atoms with Gasteiger partial charge in [0.2, 0.25) is 5.91 Å². The number of amides is 1. The van der Waals surface area contributed by atoms with Crippen LogP contribution in [0.25, 0.3) is 0 Å². The number of carbonyl (C=O) groups excluding carboxylic acids is 1. The minimum Gasteiger partial charge on any atom is -0.481 e. The van der Waals surface area contributed by atoms with Gasteiger partial charge in [0.05, 0.1) is 0 Å².